The number of carbonyl (C=O) groups excluding carboxylic acids is 1. The van der Waals surface area contributed by atoms with Crippen molar-refractivity contribution >= 4 is 18.4 Å². The van der Waals surface area contributed by atoms with Gasteiger partial charge in [-0.25, -0.2) is 0 Å². The van der Waals surface area contributed by atoms with Gasteiger partial charge in [0, 0.05) is 0 Å². The molecule has 0 aromatic rings. The maximum Gasteiger partial charge on any atom is 0.142 e. The highest BCUT2D eigenvalue weighted by molar-refractivity contribution is 7.81. The molecule has 0 radical (unpaired) electrons. The van der Waals surface area contributed by atoms with Crippen LogP contribution in [0.5, 0.6) is 0 Å². The molecule has 0 heterocycles. The molecular weight excluding hydrogens is 144 g/mol. The second kappa shape index (κ2) is 5.78. The van der Waals surface area contributed by atoms with Crippen molar-refractivity contribution in [3.63, 3.8) is 0 Å². The number of ketones is 1. The topological polar surface area (TPSA) is 17.1 Å². The standard InChI is InChI=1S/C8H16OS/c1-3-4-5-6-8(10)7(2)9/h8,10H,3-6H2,1-2H3. The molecule has 1 atom stereocenters. The smallest absolute Gasteiger partial charge is 0.142 e. The van der Waals surface area contributed by atoms with E-state index in [1.165, 1.54) is 12.8 Å². The van der Waals surface area contributed by atoms with Crippen LogP contribution in [0, 0.1) is 0 Å². The number of rotatable bonds is 5. The first kappa shape index (κ1) is 10.0. The maximum atomic E-state index is 10.7. The Morgan fingerprint density at radius 1 is 1.50 bits per heavy atom. The lowest BCUT2D eigenvalue weighted by atomic mass is 10.1. The Morgan fingerprint density at radius 3 is 2.50 bits per heavy atom. The molecule has 0 bridgehead atoms. The molecule has 0 saturated carbocycles. The summed E-state index contributed by atoms with van der Waals surface area (Å²) in [5, 5.41) is -0.0217. The van der Waals surface area contributed by atoms with Crippen LogP contribution in [0.15, 0.2) is 0 Å². The third-order valence-electron chi connectivity index (χ3n) is 1.55. The van der Waals surface area contributed by atoms with Crippen LogP contribution in [0.25, 0.3) is 0 Å². The van der Waals surface area contributed by atoms with Crippen LogP contribution >= 0.6 is 12.6 Å². The Morgan fingerprint density at radius 2 is 2.10 bits per heavy atom. The van der Waals surface area contributed by atoms with Crippen molar-refractivity contribution in [2.75, 3.05) is 0 Å². The maximum absolute atomic E-state index is 10.7. The Kier molecular flexibility index (Phi) is 5.79. The van der Waals surface area contributed by atoms with E-state index in [0.717, 1.165) is 12.8 Å². The average Bonchev–Trinajstić information content (AvgIpc) is 1.88. The van der Waals surface area contributed by atoms with Crippen LogP contribution in [0.1, 0.15) is 39.5 Å². The van der Waals surface area contributed by atoms with E-state index in [2.05, 4.69) is 19.6 Å². The predicted molar refractivity (Wildman–Crippen MR) is 47.6 cm³/mol. The fourth-order valence-corrected chi connectivity index (χ4v) is 0.974. The number of hydrogen-bond acceptors (Lipinski definition) is 2. The summed E-state index contributed by atoms with van der Waals surface area (Å²) in [5.41, 5.74) is 0. The molecule has 0 aromatic heterocycles. The monoisotopic (exact) mass is 160 g/mol. The van der Waals surface area contributed by atoms with Crippen molar-refractivity contribution < 1.29 is 4.79 Å². The summed E-state index contributed by atoms with van der Waals surface area (Å²) in [6.07, 6.45) is 4.49. The van der Waals surface area contributed by atoms with E-state index < -0.39 is 0 Å². The Balaban J connectivity index is 3.21. The van der Waals surface area contributed by atoms with E-state index in [1.54, 1.807) is 6.92 Å². The normalized spacial score (nSPS) is 13.1. The number of carbonyl (C=O) groups is 1. The van der Waals surface area contributed by atoms with Gasteiger partial charge < -0.3 is 0 Å². The second-order valence-electron chi connectivity index (χ2n) is 2.62. The van der Waals surface area contributed by atoms with E-state index in [1.807, 2.05) is 0 Å². The lowest BCUT2D eigenvalue weighted by Crippen LogP contribution is -2.09. The van der Waals surface area contributed by atoms with Crippen LogP contribution in [-0.2, 0) is 4.79 Å². The first-order valence-corrected chi connectivity index (χ1v) is 4.38. The van der Waals surface area contributed by atoms with Gasteiger partial charge in [-0.1, -0.05) is 26.2 Å². The van der Waals surface area contributed by atoms with Crippen LogP contribution in [0.2, 0.25) is 0 Å². The second-order valence-corrected chi connectivity index (χ2v) is 3.25. The number of unbranched alkanes of at least 4 members (excludes halogenated alkanes) is 2. The van der Waals surface area contributed by atoms with Crippen molar-refractivity contribution in [1.29, 1.82) is 0 Å². The summed E-state index contributed by atoms with van der Waals surface area (Å²) in [6.45, 7) is 3.75. The van der Waals surface area contributed by atoms with Crippen LogP contribution in [-0.4, -0.2) is 11.0 Å². The summed E-state index contributed by atoms with van der Waals surface area (Å²) < 4.78 is 0. The van der Waals surface area contributed by atoms with Crippen molar-refractivity contribution in [2.45, 2.75) is 44.8 Å². The molecule has 2 heteroatoms. The molecule has 10 heavy (non-hydrogen) atoms. The van der Waals surface area contributed by atoms with Gasteiger partial charge in [0.05, 0.1) is 5.25 Å². The highest BCUT2D eigenvalue weighted by Gasteiger charge is 2.06. The summed E-state index contributed by atoms with van der Waals surface area (Å²) in [4.78, 5) is 10.7. The summed E-state index contributed by atoms with van der Waals surface area (Å²) >= 11 is 4.15. The molecule has 0 saturated heterocycles. The molecule has 0 spiro atoms. The zero-order valence-corrected chi connectivity index (χ0v) is 7.66. The van der Waals surface area contributed by atoms with Gasteiger partial charge in [-0.05, 0) is 13.3 Å². The van der Waals surface area contributed by atoms with E-state index in [0.29, 0.717) is 0 Å². The highest BCUT2D eigenvalue weighted by Crippen LogP contribution is 2.08. The third kappa shape index (κ3) is 4.86. The minimum atomic E-state index is -0.0217. The lowest BCUT2D eigenvalue weighted by Gasteiger charge is -2.04. The molecule has 0 rings (SSSR count). The van der Waals surface area contributed by atoms with Crippen molar-refractivity contribution in [3.8, 4) is 0 Å². The first-order valence-electron chi connectivity index (χ1n) is 3.87. The highest BCUT2D eigenvalue weighted by atomic mass is 32.1. The minimum Gasteiger partial charge on any atom is -0.299 e. The zero-order chi connectivity index (χ0) is 7.98. The van der Waals surface area contributed by atoms with Gasteiger partial charge in [-0.15, -0.1) is 0 Å². The number of hydrogen-bond donors (Lipinski definition) is 1. The third-order valence-corrected chi connectivity index (χ3v) is 2.17. The summed E-state index contributed by atoms with van der Waals surface area (Å²) in [6, 6.07) is 0. The molecule has 0 aromatic carbocycles. The van der Waals surface area contributed by atoms with Crippen molar-refractivity contribution in [3.05, 3.63) is 0 Å². The van der Waals surface area contributed by atoms with E-state index in [-0.39, 0.29) is 11.0 Å². The van der Waals surface area contributed by atoms with E-state index in [4.69, 9.17) is 0 Å². The molecule has 1 nitrogen and oxygen atoms in total. The van der Waals surface area contributed by atoms with Gasteiger partial charge in [0.15, 0.2) is 0 Å². The number of thiol groups is 1. The SMILES string of the molecule is CCCCCC(S)C(C)=O. The Labute approximate surface area is 68.6 Å². The van der Waals surface area contributed by atoms with Crippen LogP contribution in [0.3, 0.4) is 0 Å². The van der Waals surface area contributed by atoms with Gasteiger partial charge >= 0.3 is 0 Å². The van der Waals surface area contributed by atoms with Crippen LogP contribution in [0.4, 0.5) is 0 Å². The molecule has 0 fully saturated rings. The van der Waals surface area contributed by atoms with Gasteiger partial charge in [0.1, 0.15) is 5.78 Å². The van der Waals surface area contributed by atoms with Crippen LogP contribution < -0.4 is 0 Å². The van der Waals surface area contributed by atoms with Crippen molar-refractivity contribution in [2.24, 2.45) is 0 Å². The molecule has 0 aliphatic rings. The number of Topliss-reactive ketones (excluding diaryl/α,β-unsaturated/α-hetero) is 1. The molecular formula is C8H16OS. The largest absolute Gasteiger partial charge is 0.299 e. The van der Waals surface area contributed by atoms with Gasteiger partial charge in [0.2, 0.25) is 0 Å². The average molecular weight is 160 g/mol. The van der Waals surface area contributed by atoms with Crippen molar-refractivity contribution in [1.82, 2.24) is 0 Å². The Hall–Kier alpha value is 0.0200. The zero-order valence-electron chi connectivity index (χ0n) is 6.76. The van der Waals surface area contributed by atoms with Gasteiger partial charge in [-0.3, -0.25) is 4.79 Å². The molecule has 0 aliphatic heterocycles. The summed E-state index contributed by atoms with van der Waals surface area (Å²) in [5.74, 6) is 0.194. The van der Waals surface area contributed by atoms with Gasteiger partial charge in [0.25, 0.3) is 0 Å². The minimum absolute atomic E-state index is 0.0217. The fraction of sp³-hybridized carbons (Fsp3) is 0.875. The lowest BCUT2D eigenvalue weighted by molar-refractivity contribution is -0.116. The molecule has 0 aliphatic carbocycles. The predicted octanol–water partition coefficient (Wildman–Crippen LogP) is 2.45. The Bertz CT molecular complexity index is 101. The molecule has 0 amide bonds. The molecule has 60 valence electrons. The molecule has 1 unspecified atom stereocenters. The molecule has 0 N–H and O–H groups in total. The summed E-state index contributed by atoms with van der Waals surface area (Å²) in [7, 11) is 0. The quantitative estimate of drug-likeness (QED) is 0.483. The van der Waals surface area contributed by atoms with E-state index in [9.17, 15) is 4.79 Å². The van der Waals surface area contributed by atoms with E-state index >= 15 is 0 Å². The van der Waals surface area contributed by atoms with Gasteiger partial charge in [-0.2, -0.15) is 12.6 Å². The first-order chi connectivity index (χ1) is 4.68. The fourth-order valence-electron chi connectivity index (χ4n) is 0.791.